The van der Waals surface area contributed by atoms with Crippen LogP contribution in [0.3, 0.4) is 0 Å². The summed E-state index contributed by atoms with van der Waals surface area (Å²) in [6, 6.07) is 9.49. The Hall–Kier alpha value is -2.20. The average molecular weight is 470 g/mol. The minimum atomic E-state index is -0.469. The van der Waals surface area contributed by atoms with Gasteiger partial charge in [0.05, 0.1) is 52.9 Å². The lowest BCUT2D eigenvalue weighted by Gasteiger charge is -2.09. The van der Waals surface area contributed by atoms with Gasteiger partial charge in [-0.25, -0.2) is 4.79 Å². The van der Waals surface area contributed by atoms with Gasteiger partial charge in [-0.1, -0.05) is 50.1 Å². The van der Waals surface area contributed by atoms with Gasteiger partial charge in [0.25, 0.3) is 0 Å². The van der Waals surface area contributed by atoms with Crippen LogP contribution < -0.4 is 5.32 Å². The van der Waals surface area contributed by atoms with E-state index in [9.17, 15) is 9.59 Å². The maximum absolute atomic E-state index is 11.6. The molecule has 1 aromatic carbocycles. The average Bonchev–Trinajstić information content (AvgIpc) is 2.83. The van der Waals surface area contributed by atoms with Crippen molar-refractivity contribution in [2.75, 3.05) is 66.0 Å². The van der Waals surface area contributed by atoms with E-state index in [1.165, 1.54) is 0 Å². The Kier molecular flexibility index (Phi) is 18.9. The molecular weight excluding hydrogens is 430 g/mol. The molecule has 0 aliphatic rings. The third-order valence-electron chi connectivity index (χ3n) is 4.32. The largest absolute Gasteiger partial charge is 0.463 e. The van der Waals surface area contributed by atoms with Crippen LogP contribution in [0, 0.1) is 0 Å². The van der Waals surface area contributed by atoms with E-state index in [1.54, 1.807) is 0 Å². The highest BCUT2D eigenvalue weighted by Crippen LogP contribution is 2.01. The second-order valence-corrected chi connectivity index (χ2v) is 7.12. The van der Waals surface area contributed by atoms with E-state index in [-0.39, 0.29) is 19.2 Å². The summed E-state index contributed by atoms with van der Waals surface area (Å²) in [5.74, 6) is -0.165. The lowest BCUT2D eigenvalue weighted by Crippen LogP contribution is -2.28. The Labute approximate surface area is 197 Å². The maximum atomic E-state index is 11.6. The van der Waals surface area contributed by atoms with Gasteiger partial charge in [-0.05, 0) is 12.0 Å². The Morgan fingerprint density at radius 1 is 0.727 bits per heavy atom. The Balaban J connectivity index is 1.74. The van der Waals surface area contributed by atoms with Gasteiger partial charge in [0, 0.05) is 13.0 Å². The number of hydrogen-bond donors (Lipinski definition) is 1. The first-order valence-electron chi connectivity index (χ1n) is 11.6. The van der Waals surface area contributed by atoms with Crippen molar-refractivity contribution in [2.24, 2.45) is 0 Å². The summed E-state index contributed by atoms with van der Waals surface area (Å²) >= 11 is 0. The van der Waals surface area contributed by atoms with E-state index >= 15 is 0 Å². The van der Waals surface area contributed by atoms with Crippen molar-refractivity contribution in [1.82, 2.24) is 5.32 Å². The lowest BCUT2D eigenvalue weighted by atomic mass is 10.2. The van der Waals surface area contributed by atoms with E-state index in [2.05, 4.69) is 12.2 Å². The summed E-state index contributed by atoms with van der Waals surface area (Å²) in [4.78, 5) is 23.0. The second kappa shape index (κ2) is 21.6. The topological polar surface area (TPSA) is 102 Å². The number of carbonyl (C=O) groups is 2. The van der Waals surface area contributed by atoms with Gasteiger partial charge < -0.3 is 33.7 Å². The van der Waals surface area contributed by atoms with Gasteiger partial charge in [-0.2, -0.15) is 0 Å². The standard InChI is InChI=1S/C24H39NO8/c1-2-3-5-10-23(26)32-20-19-31-18-17-30-16-15-29-14-13-28-12-11-25-24(27)33-21-22-8-6-4-7-9-22/h4,6-9H,2-3,5,10-21H2,1H3,(H,25,27). The highest BCUT2D eigenvalue weighted by Gasteiger charge is 2.02. The van der Waals surface area contributed by atoms with Gasteiger partial charge in [-0.3, -0.25) is 4.79 Å². The molecule has 0 spiro atoms. The quantitative estimate of drug-likeness (QED) is 0.216. The highest BCUT2D eigenvalue weighted by molar-refractivity contribution is 5.69. The molecule has 1 N–H and O–H groups in total. The van der Waals surface area contributed by atoms with Crippen molar-refractivity contribution in [3.8, 4) is 0 Å². The zero-order valence-corrected chi connectivity index (χ0v) is 19.8. The van der Waals surface area contributed by atoms with Gasteiger partial charge in [0.2, 0.25) is 0 Å². The van der Waals surface area contributed by atoms with Gasteiger partial charge in [0.1, 0.15) is 13.2 Å². The Morgan fingerprint density at radius 2 is 1.30 bits per heavy atom. The predicted molar refractivity (Wildman–Crippen MR) is 123 cm³/mol. The van der Waals surface area contributed by atoms with Crippen LogP contribution in [0.4, 0.5) is 4.79 Å². The van der Waals surface area contributed by atoms with Crippen LogP contribution in [0.1, 0.15) is 38.2 Å². The molecule has 0 saturated carbocycles. The molecule has 0 saturated heterocycles. The number of nitrogens with one attached hydrogen (secondary N) is 1. The molecule has 1 aromatic rings. The highest BCUT2D eigenvalue weighted by atomic mass is 16.6. The third-order valence-corrected chi connectivity index (χ3v) is 4.32. The van der Waals surface area contributed by atoms with Crippen molar-refractivity contribution in [3.05, 3.63) is 35.9 Å². The van der Waals surface area contributed by atoms with Gasteiger partial charge >= 0.3 is 12.1 Å². The van der Waals surface area contributed by atoms with Crippen LogP contribution in [0.25, 0.3) is 0 Å². The van der Waals surface area contributed by atoms with Crippen LogP contribution >= 0.6 is 0 Å². The Bertz CT molecular complexity index is 599. The smallest absolute Gasteiger partial charge is 0.407 e. The minimum absolute atomic E-state index is 0.165. The monoisotopic (exact) mass is 469 g/mol. The zero-order chi connectivity index (χ0) is 23.8. The number of benzene rings is 1. The van der Waals surface area contributed by atoms with E-state index in [0.717, 1.165) is 24.8 Å². The molecule has 1 rings (SSSR count). The summed E-state index contributed by atoms with van der Waals surface area (Å²) in [6.45, 7) is 6.43. The molecule has 9 nitrogen and oxygen atoms in total. The fourth-order valence-electron chi connectivity index (χ4n) is 2.57. The number of carbonyl (C=O) groups excluding carboxylic acids is 2. The van der Waals surface area contributed by atoms with Crippen molar-refractivity contribution in [2.45, 2.75) is 39.2 Å². The first kappa shape index (κ1) is 28.8. The third kappa shape index (κ3) is 19.0. The van der Waals surface area contributed by atoms with Crippen LogP contribution in [-0.2, 0) is 39.8 Å². The summed E-state index contributed by atoms with van der Waals surface area (Å²) in [5, 5.41) is 2.63. The fraction of sp³-hybridized carbons (Fsp3) is 0.667. The van der Waals surface area contributed by atoms with E-state index < -0.39 is 6.09 Å². The van der Waals surface area contributed by atoms with Crippen LogP contribution in [0.5, 0.6) is 0 Å². The normalized spacial score (nSPS) is 10.7. The number of unbranched alkanes of at least 4 members (excludes halogenated alkanes) is 2. The molecule has 0 aromatic heterocycles. The number of rotatable bonds is 21. The molecule has 188 valence electrons. The van der Waals surface area contributed by atoms with Crippen LogP contribution in [0.15, 0.2) is 30.3 Å². The summed E-state index contributed by atoms with van der Waals surface area (Å²) in [6.07, 6.45) is 3.01. The van der Waals surface area contributed by atoms with E-state index in [4.69, 9.17) is 28.4 Å². The SMILES string of the molecule is CCCCCC(=O)OCCOCCOCCOCCOCCNC(=O)OCc1ccccc1. The summed E-state index contributed by atoms with van der Waals surface area (Å²) in [5.41, 5.74) is 0.938. The molecule has 0 heterocycles. The minimum Gasteiger partial charge on any atom is -0.463 e. The molecule has 0 radical (unpaired) electrons. The van der Waals surface area contributed by atoms with E-state index in [0.29, 0.717) is 65.8 Å². The van der Waals surface area contributed by atoms with E-state index in [1.807, 2.05) is 30.3 Å². The van der Waals surface area contributed by atoms with Crippen molar-refractivity contribution in [1.29, 1.82) is 0 Å². The molecule has 0 atom stereocenters. The summed E-state index contributed by atoms with van der Waals surface area (Å²) < 4.78 is 31.7. The van der Waals surface area contributed by atoms with Crippen LogP contribution in [0.2, 0.25) is 0 Å². The van der Waals surface area contributed by atoms with Gasteiger partial charge in [-0.15, -0.1) is 0 Å². The summed E-state index contributed by atoms with van der Waals surface area (Å²) in [7, 11) is 0. The van der Waals surface area contributed by atoms with Crippen molar-refractivity contribution < 1.29 is 38.0 Å². The fourth-order valence-corrected chi connectivity index (χ4v) is 2.57. The number of amides is 1. The first-order chi connectivity index (χ1) is 16.2. The second-order valence-electron chi connectivity index (χ2n) is 7.12. The van der Waals surface area contributed by atoms with Crippen molar-refractivity contribution in [3.63, 3.8) is 0 Å². The Morgan fingerprint density at radius 3 is 1.91 bits per heavy atom. The molecule has 0 unspecified atom stereocenters. The van der Waals surface area contributed by atoms with Crippen LogP contribution in [-0.4, -0.2) is 78.1 Å². The number of hydrogen-bond acceptors (Lipinski definition) is 8. The molecule has 33 heavy (non-hydrogen) atoms. The molecule has 0 bridgehead atoms. The molecule has 0 fully saturated rings. The molecule has 0 aliphatic carbocycles. The number of ether oxygens (including phenoxy) is 6. The molecular formula is C24H39NO8. The first-order valence-corrected chi connectivity index (χ1v) is 11.6. The molecule has 1 amide bonds. The lowest BCUT2D eigenvalue weighted by molar-refractivity contribution is -0.145. The zero-order valence-electron chi connectivity index (χ0n) is 19.8. The maximum Gasteiger partial charge on any atom is 0.407 e. The van der Waals surface area contributed by atoms with Gasteiger partial charge in [0.15, 0.2) is 0 Å². The molecule has 9 heteroatoms. The molecule has 0 aliphatic heterocycles. The predicted octanol–water partition coefficient (Wildman–Crippen LogP) is 3.10. The number of esters is 1. The number of alkyl carbamates (subject to hydrolysis) is 1. The van der Waals surface area contributed by atoms with Crippen molar-refractivity contribution >= 4 is 12.1 Å².